The summed E-state index contributed by atoms with van der Waals surface area (Å²) in [6, 6.07) is 7.76. The maximum Gasteiger partial charge on any atom is 0.264 e. The van der Waals surface area contributed by atoms with E-state index in [0.29, 0.717) is 11.6 Å². The molecule has 0 saturated carbocycles. The molecule has 0 spiro atoms. The molecule has 0 unspecified atom stereocenters. The molecule has 3 rings (SSSR count). The second-order valence-electron chi connectivity index (χ2n) is 6.84. The molecule has 1 aliphatic rings. The van der Waals surface area contributed by atoms with Crippen molar-refractivity contribution < 1.29 is 5.11 Å². The van der Waals surface area contributed by atoms with Gasteiger partial charge in [-0.3, -0.25) is 19.4 Å². The minimum absolute atomic E-state index is 0.108. The van der Waals surface area contributed by atoms with Gasteiger partial charge in [0.15, 0.2) is 4.77 Å². The summed E-state index contributed by atoms with van der Waals surface area (Å²) in [6.45, 7) is 5.97. The Balaban J connectivity index is 1.99. The van der Waals surface area contributed by atoms with Gasteiger partial charge in [-0.15, -0.1) is 0 Å². The lowest BCUT2D eigenvalue weighted by Gasteiger charge is -2.23. The van der Waals surface area contributed by atoms with Gasteiger partial charge in [0, 0.05) is 13.1 Å². The Labute approximate surface area is 157 Å². The monoisotopic (exact) mass is 372 g/mol. The molecule has 138 valence electrons. The van der Waals surface area contributed by atoms with Crippen LogP contribution in [0.5, 0.6) is 5.88 Å². The standard InChI is InChI=1S/C19H24N4O2S/c1-13(2)14-6-8-15(9-7-14)23-18(25)16(17(24)21-19(23)26)12-20-22-10-4-3-5-11-22/h6-9,12-13,25H,3-5,10-11H2,1-2H3,(H,21,24,26). The van der Waals surface area contributed by atoms with Crippen LogP contribution in [0.1, 0.15) is 50.2 Å². The highest BCUT2D eigenvalue weighted by atomic mass is 32.1. The van der Waals surface area contributed by atoms with Gasteiger partial charge in [0.05, 0.1) is 11.9 Å². The molecule has 0 aliphatic carbocycles. The van der Waals surface area contributed by atoms with Crippen molar-refractivity contribution >= 4 is 18.4 Å². The Hall–Kier alpha value is -2.41. The second kappa shape index (κ2) is 7.86. The lowest BCUT2D eigenvalue weighted by Crippen LogP contribution is -2.25. The number of aromatic nitrogens is 2. The van der Waals surface area contributed by atoms with Crippen LogP contribution in [-0.4, -0.2) is 39.0 Å². The molecule has 6 nitrogen and oxygen atoms in total. The average Bonchev–Trinajstić information content (AvgIpc) is 2.62. The van der Waals surface area contributed by atoms with Crippen molar-refractivity contribution in [2.75, 3.05) is 13.1 Å². The van der Waals surface area contributed by atoms with Gasteiger partial charge >= 0.3 is 0 Å². The van der Waals surface area contributed by atoms with Crippen LogP contribution in [0.15, 0.2) is 34.2 Å². The van der Waals surface area contributed by atoms with Crippen molar-refractivity contribution in [2.45, 2.75) is 39.0 Å². The molecule has 1 saturated heterocycles. The highest BCUT2D eigenvalue weighted by Gasteiger charge is 2.14. The van der Waals surface area contributed by atoms with E-state index >= 15 is 0 Å². The molecule has 0 atom stereocenters. The van der Waals surface area contributed by atoms with E-state index in [1.807, 2.05) is 29.3 Å². The van der Waals surface area contributed by atoms with Gasteiger partial charge in [0.25, 0.3) is 5.56 Å². The van der Waals surface area contributed by atoms with Gasteiger partial charge in [0.1, 0.15) is 5.56 Å². The number of hydrogen-bond acceptors (Lipinski definition) is 5. The first-order chi connectivity index (χ1) is 12.5. The molecule has 1 aromatic heterocycles. The molecular formula is C19H24N4O2S. The lowest BCUT2D eigenvalue weighted by atomic mass is 10.0. The van der Waals surface area contributed by atoms with Crippen LogP contribution in [0.2, 0.25) is 0 Å². The first-order valence-electron chi connectivity index (χ1n) is 8.95. The minimum atomic E-state index is -0.441. The largest absolute Gasteiger partial charge is 0.494 e. The van der Waals surface area contributed by atoms with Crippen LogP contribution in [-0.2, 0) is 0 Å². The molecule has 2 N–H and O–H groups in total. The number of rotatable bonds is 4. The summed E-state index contributed by atoms with van der Waals surface area (Å²) in [6.07, 6.45) is 4.81. The van der Waals surface area contributed by atoms with E-state index in [1.165, 1.54) is 22.8 Å². The number of benzene rings is 1. The molecule has 2 heterocycles. The maximum absolute atomic E-state index is 12.3. The summed E-state index contributed by atoms with van der Waals surface area (Å²) in [4.78, 5) is 14.9. The predicted molar refractivity (Wildman–Crippen MR) is 106 cm³/mol. The molecule has 0 amide bonds. The molecule has 1 aliphatic heterocycles. The molecule has 2 aromatic rings. The minimum Gasteiger partial charge on any atom is -0.494 e. The first kappa shape index (κ1) is 18.4. The summed E-state index contributed by atoms with van der Waals surface area (Å²) in [5.74, 6) is 0.213. The molecule has 1 fully saturated rings. The highest BCUT2D eigenvalue weighted by molar-refractivity contribution is 7.71. The number of hydrogen-bond donors (Lipinski definition) is 2. The van der Waals surface area contributed by atoms with E-state index in [4.69, 9.17) is 12.2 Å². The van der Waals surface area contributed by atoms with Crippen molar-refractivity contribution in [3.8, 4) is 11.6 Å². The van der Waals surface area contributed by atoms with E-state index < -0.39 is 5.56 Å². The molecule has 0 radical (unpaired) electrons. The van der Waals surface area contributed by atoms with Crippen LogP contribution < -0.4 is 5.56 Å². The fourth-order valence-corrected chi connectivity index (χ4v) is 3.32. The van der Waals surface area contributed by atoms with Gasteiger partial charge in [-0.1, -0.05) is 26.0 Å². The number of nitrogens with one attached hydrogen (secondary N) is 1. The molecule has 7 heteroatoms. The van der Waals surface area contributed by atoms with Gasteiger partial charge in [0.2, 0.25) is 5.88 Å². The Morgan fingerprint density at radius 2 is 1.85 bits per heavy atom. The van der Waals surface area contributed by atoms with E-state index in [2.05, 4.69) is 23.9 Å². The zero-order valence-corrected chi connectivity index (χ0v) is 15.9. The van der Waals surface area contributed by atoms with Crippen molar-refractivity contribution in [1.29, 1.82) is 0 Å². The van der Waals surface area contributed by atoms with E-state index in [0.717, 1.165) is 25.9 Å². The van der Waals surface area contributed by atoms with Crippen LogP contribution >= 0.6 is 12.2 Å². The van der Waals surface area contributed by atoms with Crippen molar-refractivity contribution in [1.82, 2.24) is 14.6 Å². The number of aromatic amines is 1. The maximum atomic E-state index is 12.3. The van der Waals surface area contributed by atoms with E-state index in [9.17, 15) is 9.90 Å². The lowest BCUT2D eigenvalue weighted by molar-refractivity contribution is 0.240. The summed E-state index contributed by atoms with van der Waals surface area (Å²) in [7, 11) is 0. The zero-order chi connectivity index (χ0) is 18.7. The average molecular weight is 372 g/mol. The number of H-pyrrole nitrogens is 1. The first-order valence-corrected chi connectivity index (χ1v) is 9.35. The Morgan fingerprint density at radius 1 is 1.19 bits per heavy atom. The number of piperidine rings is 1. The Kier molecular flexibility index (Phi) is 5.56. The summed E-state index contributed by atoms with van der Waals surface area (Å²) < 4.78 is 1.61. The number of hydrazone groups is 1. The summed E-state index contributed by atoms with van der Waals surface area (Å²) in [5.41, 5.74) is 1.55. The topological polar surface area (TPSA) is 73.6 Å². The van der Waals surface area contributed by atoms with Gasteiger partial charge in [-0.2, -0.15) is 5.10 Å². The highest BCUT2D eigenvalue weighted by Crippen LogP contribution is 2.21. The third-order valence-corrected chi connectivity index (χ3v) is 4.91. The Morgan fingerprint density at radius 3 is 2.46 bits per heavy atom. The second-order valence-corrected chi connectivity index (χ2v) is 7.22. The quantitative estimate of drug-likeness (QED) is 0.636. The third kappa shape index (κ3) is 3.88. The van der Waals surface area contributed by atoms with Gasteiger partial charge < -0.3 is 5.11 Å². The third-order valence-electron chi connectivity index (χ3n) is 4.62. The van der Waals surface area contributed by atoms with Crippen LogP contribution in [0, 0.1) is 4.77 Å². The zero-order valence-electron chi connectivity index (χ0n) is 15.1. The van der Waals surface area contributed by atoms with E-state index in [-0.39, 0.29) is 16.2 Å². The van der Waals surface area contributed by atoms with Crippen LogP contribution in [0.3, 0.4) is 0 Å². The molecule has 1 aromatic carbocycles. The van der Waals surface area contributed by atoms with Gasteiger partial charge in [-0.05, 0) is 55.1 Å². The number of nitrogens with zero attached hydrogens (tertiary/aromatic N) is 3. The number of aromatic hydroxyl groups is 1. The summed E-state index contributed by atoms with van der Waals surface area (Å²) >= 11 is 5.25. The normalized spacial score (nSPS) is 15.1. The SMILES string of the molecule is CC(C)c1ccc(-n2c(O)c(C=NN3CCCCC3)c(=O)[nH]c2=S)cc1. The van der Waals surface area contributed by atoms with Crippen LogP contribution in [0.25, 0.3) is 5.69 Å². The fourth-order valence-electron chi connectivity index (χ4n) is 3.03. The predicted octanol–water partition coefficient (Wildman–Crippen LogP) is 3.54. The molecule has 26 heavy (non-hydrogen) atoms. The van der Waals surface area contributed by atoms with Crippen molar-refractivity contribution in [3.63, 3.8) is 0 Å². The fraction of sp³-hybridized carbons (Fsp3) is 0.421. The smallest absolute Gasteiger partial charge is 0.264 e. The van der Waals surface area contributed by atoms with E-state index in [1.54, 1.807) is 0 Å². The Bertz CT molecular complexity index is 907. The van der Waals surface area contributed by atoms with Gasteiger partial charge in [-0.25, -0.2) is 0 Å². The van der Waals surface area contributed by atoms with Crippen molar-refractivity contribution in [3.05, 3.63) is 50.5 Å². The molecule has 0 bridgehead atoms. The molecular weight excluding hydrogens is 348 g/mol. The summed E-state index contributed by atoms with van der Waals surface area (Å²) in [5, 5.41) is 17.0. The van der Waals surface area contributed by atoms with Crippen molar-refractivity contribution in [2.24, 2.45) is 5.10 Å². The van der Waals surface area contributed by atoms with Crippen LogP contribution in [0.4, 0.5) is 0 Å².